The minimum Gasteiger partial charge on any atom is -0.508 e. The first-order valence-electron chi connectivity index (χ1n) is 8.02. The average molecular weight is 331 g/mol. The predicted molar refractivity (Wildman–Crippen MR) is 93.2 cm³/mol. The van der Waals surface area contributed by atoms with E-state index < -0.39 is 6.10 Å². The van der Waals surface area contributed by atoms with Gasteiger partial charge in [0.25, 0.3) is 0 Å². The average Bonchev–Trinajstić information content (AvgIpc) is 2.62. The second kappa shape index (κ2) is 8.68. The first-order chi connectivity index (χ1) is 11.5. The number of phenols is 1. The summed E-state index contributed by atoms with van der Waals surface area (Å²) >= 11 is 0. The fourth-order valence-electron chi connectivity index (χ4n) is 2.55. The Morgan fingerprint density at radius 2 is 1.83 bits per heavy atom. The van der Waals surface area contributed by atoms with E-state index in [4.69, 9.17) is 4.74 Å². The summed E-state index contributed by atoms with van der Waals surface area (Å²) in [5.41, 5.74) is 2.27. The highest BCUT2D eigenvalue weighted by atomic mass is 16.5. The number of ether oxygens (including phenoxy) is 1. The van der Waals surface area contributed by atoms with E-state index in [-0.39, 0.29) is 18.4 Å². The number of nitrogens with one attached hydrogen (secondary N) is 1. The number of methoxy groups -OCH3 is 1. The Morgan fingerprint density at radius 1 is 1.12 bits per heavy atom. The molecule has 2 aromatic carbocycles. The highest BCUT2D eigenvalue weighted by Crippen LogP contribution is 2.24. The van der Waals surface area contributed by atoms with Crippen LogP contribution in [0.5, 0.6) is 11.5 Å². The molecule has 0 spiro atoms. The summed E-state index contributed by atoms with van der Waals surface area (Å²) in [5.74, 6) is 0.871. The lowest BCUT2D eigenvalue weighted by molar-refractivity contribution is 0.136. The second-order valence-corrected chi connectivity index (χ2v) is 5.83. The van der Waals surface area contributed by atoms with Gasteiger partial charge < -0.3 is 25.4 Å². The van der Waals surface area contributed by atoms with Crippen molar-refractivity contribution in [3.05, 3.63) is 59.2 Å². The van der Waals surface area contributed by atoms with Crippen LogP contribution in [0.2, 0.25) is 0 Å². The molecule has 0 aliphatic rings. The molecule has 0 aliphatic carbocycles. The molecule has 0 saturated heterocycles. The molecule has 4 N–H and O–H groups in total. The maximum Gasteiger partial charge on any atom is 0.121 e. The molecule has 130 valence electrons. The molecule has 2 aromatic rings. The number of hydrogen-bond donors (Lipinski definition) is 4. The van der Waals surface area contributed by atoms with E-state index in [0.29, 0.717) is 11.1 Å². The van der Waals surface area contributed by atoms with Gasteiger partial charge in [0.1, 0.15) is 11.5 Å². The summed E-state index contributed by atoms with van der Waals surface area (Å²) in [6.45, 7) is 2.38. The van der Waals surface area contributed by atoms with Crippen LogP contribution in [0.3, 0.4) is 0 Å². The van der Waals surface area contributed by atoms with E-state index in [1.165, 1.54) is 11.6 Å². The Hall–Kier alpha value is -2.08. The normalized spacial score (nSPS) is 13.5. The zero-order valence-electron chi connectivity index (χ0n) is 14.1. The molecule has 2 atom stereocenters. The molecule has 0 bridgehead atoms. The van der Waals surface area contributed by atoms with Gasteiger partial charge in [0.05, 0.1) is 19.8 Å². The number of aliphatic hydroxyl groups excluding tert-OH is 2. The zero-order valence-corrected chi connectivity index (χ0v) is 14.1. The molecule has 0 fully saturated rings. The van der Waals surface area contributed by atoms with Crippen LogP contribution in [0.25, 0.3) is 0 Å². The number of hydrogen-bond acceptors (Lipinski definition) is 5. The van der Waals surface area contributed by atoms with Crippen LogP contribution in [-0.2, 0) is 13.0 Å². The highest BCUT2D eigenvalue weighted by molar-refractivity contribution is 5.37. The molecule has 2 rings (SSSR count). The Labute approximate surface area is 142 Å². The summed E-state index contributed by atoms with van der Waals surface area (Å²) in [6, 6.07) is 12.5. The highest BCUT2D eigenvalue weighted by Gasteiger charge is 2.17. The van der Waals surface area contributed by atoms with Crippen molar-refractivity contribution >= 4 is 0 Å². The van der Waals surface area contributed by atoms with Gasteiger partial charge in [-0.1, -0.05) is 18.2 Å². The van der Waals surface area contributed by atoms with Gasteiger partial charge in [0, 0.05) is 11.6 Å². The molecular formula is C19H25NO4. The van der Waals surface area contributed by atoms with Gasteiger partial charge in [-0.15, -0.1) is 0 Å². The Morgan fingerprint density at radius 3 is 2.46 bits per heavy atom. The van der Waals surface area contributed by atoms with E-state index in [9.17, 15) is 15.3 Å². The first-order valence-corrected chi connectivity index (χ1v) is 8.02. The summed E-state index contributed by atoms with van der Waals surface area (Å²) in [6.07, 6.45) is 0.130. The second-order valence-electron chi connectivity index (χ2n) is 5.83. The molecule has 0 amide bonds. The van der Waals surface area contributed by atoms with Crippen molar-refractivity contribution in [2.75, 3.05) is 13.7 Å². The molecule has 0 radical (unpaired) electrons. The van der Waals surface area contributed by atoms with Gasteiger partial charge >= 0.3 is 0 Å². The van der Waals surface area contributed by atoms with Crippen LogP contribution in [0.15, 0.2) is 42.5 Å². The topological polar surface area (TPSA) is 82.0 Å². The molecule has 5 nitrogen and oxygen atoms in total. The van der Waals surface area contributed by atoms with Crippen molar-refractivity contribution < 1.29 is 20.1 Å². The van der Waals surface area contributed by atoms with Crippen molar-refractivity contribution in [2.24, 2.45) is 0 Å². The number of benzene rings is 2. The third-order valence-corrected chi connectivity index (χ3v) is 4.13. The number of rotatable bonds is 8. The predicted octanol–water partition coefficient (Wildman–Crippen LogP) is 2.15. The lowest BCUT2D eigenvalue weighted by atomic mass is 10.0. The summed E-state index contributed by atoms with van der Waals surface area (Å²) < 4.78 is 5.14. The van der Waals surface area contributed by atoms with E-state index in [1.54, 1.807) is 19.2 Å². The number of aliphatic hydroxyl groups is 2. The largest absolute Gasteiger partial charge is 0.508 e. The monoisotopic (exact) mass is 331 g/mol. The SMILES string of the molecule is COc1ccc(CCN[C@@H](C)[C@H](O)c2ccc(O)c(CO)c2)cc1. The zero-order chi connectivity index (χ0) is 17.5. The third kappa shape index (κ3) is 4.71. The van der Waals surface area contributed by atoms with E-state index in [2.05, 4.69) is 5.32 Å². The van der Waals surface area contributed by atoms with E-state index >= 15 is 0 Å². The maximum atomic E-state index is 10.4. The molecule has 0 aliphatic heterocycles. The number of aromatic hydroxyl groups is 1. The van der Waals surface area contributed by atoms with Crippen LogP contribution in [0.4, 0.5) is 0 Å². The minimum absolute atomic E-state index is 0.0357. The van der Waals surface area contributed by atoms with Crippen LogP contribution in [-0.4, -0.2) is 35.0 Å². The van der Waals surface area contributed by atoms with Crippen molar-refractivity contribution in [2.45, 2.75) is 32.1 Å². The Kier molecular flexibility index (Phi) is 6.61. The van der Waals surface area contributed by atoms with Crippen molar-refractivity contribution in [1.29, 1.82) is 0 Å². The molecule has 24 heavy (non-hydrogen) atoms. The van der Waals surface area contributed by atoms with Crippen LogP contribution in [0, 0.1) is 0 Å². The maximum absolute atomic E-state index is 10.4. The minimum atomic E-state index is -0.716. The van der Waals surface area contributed by atoms with E-state index in [1.807, 2.05) is 31.2 Å². The van der Waals surface area contributed by atoms with Crippen LogP contribution >= 0.6 is 0 Å². The quantitative estimate of drug-likeness (QED) is 0.596. The molecule has 0 heterocycles. The van der Waals surface area contributed by atoms with Gasteiger partial charge in [-0.25, -0.2) is 0 Å². The Balaban J connectivity index is 1.88. The first kappa shape index (κ1) is 18.3. The molecule has 0 saturated carbocycles. The standard InChI is InChI=1S/C19H25NO4/c1-13(19(23)15-5-8-18(22)16(11-15)12-21)20-10-9-14-3-6-17(24-2)7-4-14/h3-8,11,13,19-23H,9-10,12H2,1-2H3/t13-,19-/m0/s1. The summed E-state index contributed by atoms with van der Waals surface area (Å²) in [5, 5.41) is 32.5. The molecule has 0 aromatic heterocycles. The summed E-state index contributed by atoms with van der Waals surface area (Å²) in [4.78, 5) is 0. The smallest absolute Gasteiger partial charge is 0.121 e. The molecular weight excluding hydrogens is 306 g/mol. The van der Waals surface area contributed by atoms with Crippen molar-refractivity contribution in [3.8, 4) is 11.5 Å². The van der Waals surface area contributed by atoms with Crippen molar-refractivity contribution in [1.82, 2.24) is 5.32 Å². The summed E-state index contributed by atoms with van der Waals surface area (Å²) in [7, 11) is 1.64. The van der Waals surface area contributed by atoms with Crippen molar-refractivity contribution in [3.63, 3.8) is 0 Å². The third-order valence-electron chi connectivity index (χ3n) is 4.13. The van der Waals surface area contributed by atoms with Gasteiger partial charge in [0.2, 0.25) is 0 Å². The van der Waals surface area contributed by atoms with Gasteiger partial charge in [-0.05, 0) is 55.3 Å². The molecule has 5 heteroatoms. The van der Waals surface area contributed by atoms with E-state index in [0.717, 1.165) is 18.7 Å². The van der Waals surface area contributed by atoms with Gasteiger partial charge in [-0.2, -0.15) is 0 Å². The van der Waals surface area contributed by atoms with Crippen LogP contribution in [0.1, 0.15) is 29.7 Å². The fraction of sp³-hybridized carbons (Fsp3) is 0.368. The Bertz CT molecular complexity index is 642. The lowest BCUT2D eigenvalue weighted by Crippen LogP contribution is -2.33. The fourth-order valence-corrected chi connectivity index (χ4v) is 2.55. The van der Waals surface area contributed by atoms with Gasteiger partial charge in [-0.3, -0.25) is 0 Å². The van der Waals surface area contributed by atoms with Gasteiger partial charge in [0.15, 0.2) is 0 Å². The lowest BCUT2D eigenvalue weighted by Gasteiger charge is -2.21. The van der Waals surface area contributed by atoms with Crippen LogP contribution < -0.4 is 10.1 Å². The molecule has 0 unspecified atom stereocenters.